The quantitative estimate of drug-likeness (QED) is 0.840. The lowest BCUT2D eigenvalue weighted by atomic mass is 10.1. The van der Waals surface area contributed by atoms with Crippen LogP contribution < -0.4 is 14.5 Å². The molecule has 20 heavy (non-hydrogen) atoms. The predicted molar refractivity (Wildman–Crippen MR) is 78.5 cm³/mol. The van der Waals surface area contributed by atoms with Crippen LogP contribution in [-0.4, -0.2) is 48.2 Å². The molecule has 0 unspecified atom stereocenters. The van der Waals surface area contributed by atoms with Gasteiger partial charge in [-0.3, -0.25) is 0 Å². The second-order valence-corrected chi connectivity index (χ2v) is 5.52. The molecule has 2 fully saturated rings. The van der Waals surface area contributed by atoms with Crippen molar-refractivity contribution in [3.05, 3.63) is 0 Å². The van der Waals surface area contributed by atoms with Crippen LogP contribution in [0.15, 0.2) is 0 Å². The van der Waals surface area contributed by atoms with Crippen molar-refractivity contribution in [1.82, 2.24) is 15.0 Å². The van der Waals surface area contributed by atoms with E-state index in [1.54, 1.807) is 7.11 Å². The fourth-order valence-electron chi connectivity index (χ4n) is 2.90. The Kier molecular flexibility index (Phi) is 4.18. The minimum Gasteiger partial charge on any atom is -0.467 e. The van der Waals surface area contributed by atoms with Crippen LogP contribution in [0.5, 0.6) is 6.01 Å². The van der Waals surface area contributed by atoms with Gasteiger partial charge in [0.25, 0.3) is 0 Å². The van der Waals surface area contributed by atoms with Crippen LogP contribution in [0.25, 0.3) is 0 Å². The van der Waals surface area contributed by atoms with E-state index in [9.17, 15) is 0 Å². The first-order valence-electron chi connectivity index (χ1n) is 7.67. The molecule has 0 N–H and O–H groups in total. The second-order valence-electron chi connectivity index (χ2n) is 5.52. The molecule has 3 heterocycles. The Labute approximate surface area is 120 Å². The summed E-state index contributed by atoms with van der Waals surface area (Å²) in [5.74, 6) is 1.55. The fourth-order valence-corrected chi connectivity index (χ4v) is 2.90. The first-order chi connectivity index (χ1) is 9.86. The number of nitrogens with zero attached hydrogens (tertiary/aromatic N) is 5. The SMILES string of the molecule is COc1nc(N2CCCCC2)nc(N2CCCCC2)n1. The maximum absolute atomic E-state index is 5.26. The Morgan fingerprint density at radius 1 is 0.700 bits per heavy atom. The zero-order chi connectivity index (χ0) is 13.8. The Morgan fingerprint density at radius 2 is 1.15 bits per heavy atom. The van der Waals surface area contributed by atoms with Gasteiger partial charge in [-0.15, -0.1) is 0 Å². The lowest BCUT2D eigenvalue weighted by Gasteiger charge is -2.30. The molecular weight excluding hydrogens is 254 g/mol. The maximum Gasteiger partial charge on any atom is 0.322 e. The molecule has 6 nitrogen and oxygen atoms in total. The highest BCUT2D eigenvalue weighted by atomic mass is 16.5. The van der Waals surface area contributed by atoms with Gasteiger partial charge in [0.15, 0.2) is 0 Å². The van der Waals surface area contributed by atoms with E-state index >= 15 is 0 Å². The summed E-state index contributed by atoms with van der Waals surface area (Å²) in [7, 11) is 1.62. The van der Waals surface area contributed by atoms with Crippen LogP contribution in [0.3, 0.4) is 0 Å². The summed E-state index contributed by atoms with van der Waals surface area (Å²) in [5, 5.41) is 0. The lowest BCUT2D eigenvalue weighted by Crippen LogP contribution is -2.34. The van der Waals surface area contributed by atoms with Crippen molar-refractivity contribution in [1.29, 1.82) is 0 Å². The Morgan fingerprint density at radius 3 is 1.55 bits per heavy atom. The number of rotatable bonds is 3. The molecule has 1 aromatic heterocycles. The number of aromatic nitrogens is 3. The van der Waals surface area contributed by atoms with E-state index in [4.69, 9.17) is 4.74 Å². The molecule has 1 aromatic rings. The molecule has 2 saturated heterocycles. The van der Waals surface area contributed by atoms with Gasteiger partial charge in [-0.2, -0.15) is 15.0 Å². The van der Waals surface area contributed by atoms with Crippen molar-refractivity contribution < 1.29 is 4.74 Å². The van der Waals surface area contributed by atoms with Gasteiger partial charge in [-0.05, 0) is 38.5 Å². The van der Waals surface area contributed by atoms with E-state index in [0.29, 0.717) is 6.01 Å². The van der Waals surface area contributed by atoms with E-state index in [2.05, 4.69) is 24.8 Å². The Hall–Kier alpha value is -1.59. The van der Waals surface area contributed by atoms with Crippen molar-refractivity contribution in [3.63, 3.8) is 0 Å². The molecule has 0 bridgehead atoms. The van der Waals surface area contributed by atoms with E-state index < -0.39 is 0 Å². The van der Waals surface area contributed by atoms with E-state index in [0.717, 1.165) is 38.1 Å². The molecule has 0 spiro atoms. The maximum atomic E-state index is 5.26. The summed E-state index contributed by atoms with van der Waals surface area (Å²) in [4.78, 5) is 18.0. The first-order valence-corrected chi connectivity index (χ1v) is 7.67. The highest BCUT2D eigenvalue weighted by Crippen LogP contribution is 2.22. The number of methoxy groups -OCH3 is 1. The summed E-state index contributed by atoms with van der Waals surface area (Å²) in [6, 6.07) is 0.432. The molecule has 0 atom stereocenters. The molecule has 0 amide bonds. The molecule has 0 aliphatic carbocycles. The van der Waals surface area contributed by atoms with Gasteiger partial charge in [-0.25, -0.2) is 0 Å². The summed E-state index contributed by atoms with van der Waals surface area (Å²) >= 11 is 0. The van der Waals surface area contributed by atoms with Crippen LogP contribution in [0.1, 0.15) is 38.5 Å². The van der Waals surface area contributed by atoms with Crippen LogP contribution in [0.4, 0.5) is 11.9 Å². The molecule has 2 aliphatic rings. The van der Waals surface area contributed by atoms with Crippen molar-refractivity contribution in [2.45, 2.75) is 38.5 Å². The molecule has 6 heteroatoms. The zero-order valence-corrected chi connectivity index (χ0v) is 12.2. The Bertz CT molecular complexity index is 405. The molecule has 3 rings (SSSR count). The van der Waals surface area contributed by atoms with E-state index in [1.807, 2.05) is 0 Å². The third kappa shape index (κ3) is 2.94. The Balaban J connectivity index is 1.85. The van der Waals surface area contributed by atoms with E-state index in [1.165, 1.54) is 38.5 Å². The standard InChI is InChI=1S/C14H23N5O/c1-20-14-16-12(18-8-4-2-5-9-18)15-13(17-14)19-10-6-3-7-11-19/h2-11H2,1H3. The molecular formula is C14H23N5O. The number of hydrogen-bond donors (Lipinski definition) is 0. The van der Waals surface area contributed by atoms with Crippen molar-refractivity contribution in [2.75, 3.05) is 43.1 Å². The second kappa shape index (κ2) is 6.24. The van der Waals surface area contributed by atoms with E-state index in [-0.39, 0.29) is 0 Å². The smallest absolute Gasteiger partial charge is 0.322 e. The van der Waals surface area contributed by atoms with Crippen LogP contribution >= 0.6 is 0 Å². The van der Waals surface area contributed by atoms with Gasteiger partial charge < -0.3 is 14.5 Å². The number of ether oxygens (including phenoxy) is 1. The molecule has 0 radical (unpaired) electrons. The molecule has 2 aliphatic heterocycles. The van der Waals surface area contributed by atoms with Gasteiger partial charge in [0.05, 0.1) is 7.11 Å². The zero-order valence-electron chi connectivity index (χ0n) is 12.2. The largest absolute Gasteiger partial charge is 0.467 e. The van der Waals surface area contributed by atoms with Gasteiger partial charge in [0.1, 0.15) is 0 Å². The predicted octanol–water partition coefficient (Wildman–Crippen LogP) is 1.86. The van der Waals surface area contributed by atoms with Gasteiger partial charge in [-0.1, -0.05) is 0 Å². The number of hydrogen-bond acceptors (Lipinski definition) is 6. The van der Waals surface area contributed by atoms with Crippen molar-refractivity contribution >= 4 is 11.9 Å². The van der Waals surface area contributed by atoms with Crippen LogP contribution in [0, 0.1) is 0 Å². The topological polar surface area (TPSA) is 54.4 Å². The minimum absolute atomic E-state index is 0.432. The highest BCUT2D eigenvalue weighted by molar-refractivity contribution is 5.40. The lowest BCUT2D eigenvalue weighted by molar-refractivity contribution is 0.376. The summed E-state index contributed by atoms with van der Waals surface area (Å²) < 4.78 is 5.26. The average molecular weight is 277 g/mol. The van der Waals surface area contributed by atoms with Crippen LogP contribution in [-0.2, 0) is 0 Å². The number of anilines is 2. The average Bonchev–Trinajstić information content (AvgIpc) is 2.56. The summed E-state index contributed by atoms with van der Waals surface area (Å²) in [5.41, 5.74) is 0. The third-order valence-electron chi connectivity index (χ3n) is 4.05. The third-order valence-corrected chi connectivity index (χ3v) is 4.05. The monoisotopic (exact) mass is 277 g/mol. The molecule has 110 valence electrons. The summed E-state index contributed by atoms with van der Waals surface area (Å²) in [6.07, 6.45) is 7.47. The molecule has 0 aromatic carbocycles. The van der Waals surface area contributed by atoms with Gasteiger partial charge >= 0.3 is 6.01 Å². The van der Waals surface area contributed by atoms with Gasteiger partial charge in [0, 0.05) is 26.2 Å². The fraction of sp³-hybridized carbons (Fsp3) is 0.786. The van der Waals surface area contributed by atoms with Crippen LogP contribution in [0.2, 0.25) is 0 Å². The first kappa shape index (κ1) is 13.4. The minimum atomic E-state index is 0.432. The summed E-state index contributed by atoms with van der Waals surface area (Å²) in [6.45, 7) is 4.14. The van der Waals surface area contributed by atoms with Crippen molar-refractivity contribution in [3.8, 4) is 6.01 Å². The normalized spacial score (nSPS) is 20.1. The number of piperidine rings is 2. The van der Waals surface area contributed by atoms with Gasteiger partial charge in [0.2, 0.25) is 11.9 Å². The van der Waals surface area contributed by atoms with Crippen molar-refractivity contribution in [2.24, 2.45) is 0 Å². The molecule has 0 saturated carbocycles. The highest BCUT2D eigenvalue weighted by Gasteiger charge is 2.20.